The Morgan fingerprint density at radius 2 is 2.08 bits per heavy atom. The van der Waals surface area contributed by atoms with Gasteiger partial charge < -0.3 is 0 Å². The monoisotopic (exact) mass is 372 g/mol. The second kappa shape index (κ2) is 9.38. The number of nitrogens with zero attached hydrogens (tertiary/aromatic N) is 4. The molecule has 6 nitrogen and oxygen atoms in total. The van der Waals surface area contributed by atoms with Crippen molar-refractivity contribution in [2.45, 2.75) is 37.5 Å². The standard InChI is InChI=1S/C19H24N4O2S/c1-16-10-12-19(13-11-16)26(24,25)23(15-17(2)21-22-20)14-6-9-18-7-4-3-5-8-18/h6-7,9-13H,2-5,8,14-15H2,1H3/b9-6+. The molecule has 138 valence electrons. The Morgan fingerprint density at radius 1 is 1.35 bits per heavy atom. The van der Waals surface area contributed by atoms with E-state index in [-0.39, 0.29) is 23.7 Å². The summed E-state index contributed by atoms with van der Waals surface area (Å²) in [6.45, 7) is 5.68. The van der Waals surface area contributed by atoms with E-state index in [0.29, 0.717) is 0 Å². The summed E-state index contributed by atoms with van der Waals surface area (Å²) < 4.78 is 27.2. The molecule has 0 atom stereocenters. The Bertz CT molecular complexity index is 848. The van der Waals surface area contributed by atoms with Crippen LogP contribution in [0.25, 0.3) is 10.4 Å². The van der Waals surface area contributed by atoms with Gasteiger partial charge in [-0.1, -0.05) is 53.2 Å². The molecule has 1 aliphatic rings. The molecule has 0 bridgehead atoms. The molecule has 1 aromatic carbocycles. The zero-order valence-electron chi connectivity index (χ0n) is 15.0. The van der Waals surface area contributed by atoms with Crippen LogP contribution in [-0.4, -0.2) is 25.8 Å². The van der Waals surface area contributed by atoms with Crippen molar-refractivity contribution in [3.05, 3.63) is 76.3 Å². The van der Waals surface area contributed by atoms with Crippen LogP contribution in [-0.2, 0) is 10.0 Å². The van der Waals surface area contributed by atoms with E-state index in [0.717, 1.165) is 24.8 Å². The predicted octanol–water partition coefficient (Wildman–Crippen LogP) is 4.87. The van der Waals surface area contributed by atoms with Crippen LogP contribution in [0.3, 0.4) is 0 Å². The van der Waals surface area contributed by atoms with Gasteiger partial charge in [-0.2, -0.15) is 4.31 Å². The highest BCUT2D eigenvalue weighted by atomic mass is 32.2. The minimum absolute atomic E-state index is 0.0519. The van der Waals surface area contributed by atoms with Crippen LogP contribution < -0.4 is 0 Å². The summed E-state index contributed by atoms with van der Waals surface area (Å²) in [5.41, 5.74) is 10.9. The molecular formula is C19H24N4O2S. The van der Waals surface area contributed by atoms with Crippen LogP contribution in [0.4, 0.5) is 0 Å². The molecular weight excluding hydrogens is 348 g/mol. The second-order valence-electron chi connectivity index (χ2n) is 6.29. The first-order chi connectivity index (χ1) is 12.4. The Labute approximate surface area is 155 Å². The van der Waals surface area contributed by atoms with Gasteiger partial charge in [-0.15, -0.1) is 0 Å². The fourth-order valence-electron chi connectivity index (χ4n) is 2.74. The van der Waals surface area contributed by atoms with Crippen molar-refractivity contribution < 1.29 is 8.42 Å². The number of rotatable bonds is 8. The molecule has 7 heteroatoms. The van der Waals surface area contributed by atoms with E-state index in [1.165, 1.54) is 16.3 Å². The van der Waals surface area contributed by atoms with Crippen LogP contribution >= 0.6 is 0 Å². The van der Waals surface area contributed by atoms with Gasteiger partial charge in [0.2, 0.25) is 10.0 Å². The third-order valence-electron chi connectivity index (χ3n) is 4.17. The van der Waals surface area contributed by atoms with Crippen molar-refractivity contribution in [3.63, 3.8) is 0 Å². The van der Waals surface area contributed by atoms with Crippen molar-refractivity contribution in [2.75, 3.05) is 13.1 Å². The molecule has 26 heavy (non-hydrogen) atoms. The smallest absolute Gasteiger partial charge is 0.207 e. The Kier molecular flexibility index (Phi) is 7.21. The van der Waals surface area contributed by atoms with Crippen LogP contribution in [0, 0.1) is 6.92 Å². The molecule has 0 N–H and O–H groups in total. The summed E-state index contributed by atoms with van der Waals surface area (Å²) in [6.07, 6.45) is 10.5. The highest BCUT2D eigenvalue weighted by molar-refractivity contribution is 7.89. The SMILES string of the molecule is C=C(CN(C/C=C/C1=CCCCC1)S(=O)(=O)c1ccc(C)cc1)N=[N+]=[N-]. The molecule has 1 aliphatic carbocycles. The van der Waals surface area contributed by atoms with E-state index < -0.39 is 10.0 Å². The van der Waals surface area contributed by atoms with Crippen molar-refractivity contribution in [3.8, 4) is 0 Å². The summed E-state index contributed by atoms with van der Waals surface area (Å²) in [7, 11) is -3.72. The van der Waals surface area contributed by atoms with E-state index in [9.17, 15) is 8.42 Å². The molecule has 0 fully saturated rings. The minimum atomic E-state index is -3.72. The summed E-state index contributed by atoms with van der Waals surface area (Å²) in [5.74, 6) is 0. The van der Waals surface area contributed by atoms with Gasteiger partial charge in [0.15, 0.2) is 0 Å². The maximum Gasteiger partial charge on any atom is 0.243 e. The topological polar surface area (TPSA) is 86.1 Å². The quantitative estimate of drug-likeness (QED) is 0.370. The fraction of sp³-hybridized carbons (Fsp3) is 0.368. The fourth-order valence-corrected chi connectivity index (χ4v) is 4.12. The van der Waals surface area contributed by atoms with Gasteiger partial charge in [-0.25, -0.2) is 8.42 Å². The average molecular weight is 372 g/mol. The lowest BCUT2D eigenvalue weighted by atomic mass is 9.99. The normalized spacial score (nSPS) is 14.9. The van der Waals surface area contributed by atoms with Gasteiger partial charge >= 0.3 is 0 Å². The van der Waals surface area contributed by atoms with E-state index in [4.69, 9.17) is 5.53 Å². The van der Waals surface area contributed by atoms with E-state index >= 15 is 0 Å². The number of azide groups is 1. The average Bonchev–Trinajstić information content (AvgIpc) is 2.62. The number of sulfonamides is 1. The van der Waals surface area contributed by atoms with Gasteiger partial charge in [0.05, 0.1) is 4.90 Å². The number of hydrogen-bond acceptors (Lipinski definition) is 3. The Morgan fingerprint density at radius 3 is 2.69 bits per heavy atom. The van der Waals surface area contributed by atoms with E-state index in [1.54, 1.807) is 24.3 Å². The van der Waals surface area contributed by atoms with Gasteiger partial charge in [-0.05, 0) is 50.3 Å². The number of allylic oxidation sites excluding steroid dienone is 3. The maximum atomic E-state index is 13.0. The zero-order valence-corrected chi connectivity index (χ0v) is 15.8. The van der Waals surface area contributed by atoms with Crippen molar-refractivity contribution in [2.24, 2.45) is 5.11 Å². The minimum Gasteiger partial charge on any atom is -0.207 e. The molecule has 0 radical (unpaired) electrons. The van der Waals surface area contributed by atoms with Gasteiger partial charge in [0.1, 0.15) is 0 Å². The highest BCUT2D eigenvalue weighted by Crippen LogP contribution is 2.20. The summed E-state index contributed by atoms with van der Waals surface area (Å²) in [4.78, 5) is 2.90. The lowest BCUT2D eigenvalue weighted by Gasteiger charge is -2.21. The zero-order chi connectivity index (χ0) is 19.0. The summed E-state index contributed by atoms with van der Waals surface area (Å²) in [6, 6.07) is 6.69. The first kappa shape index (κ1) is 20.0. The number of aryl methyl sites for hydroxylation is 1. The Balaban J connectivity index is 2.22. The van der Waals surface area contributed by atoms with Crippen LogP contribution in [0.5, 0.6) is 0 Å². The third kappa shape index (κ3) is 5.59. The summed E-state index contributed by atoms with van der Waals surface area (Å²) in [5, 5.41) is 3.43. The maximum absolute atomic E-state index is 13.0. The second-order valence-corrected chi connectivity index (χ2v) is 8.23. The number of benzene rings is 1. The van der Waals surface area contributed by atoms with Crippen LogP contribution in [0.15, 0.2) is 70.4 Å². The predicted molar refractivity (Wildman–Crippen MR) is 104 cm³/mol. The van der Waals surface area contributed by atoms with E-state index in [1.807, 2.05) is 19.1 Å². The molecule has 0 spiro atoms. The number of hydrogen-bond donors (Lipinski definition) is 0. The molecule has 0 saturated carbocycles. The third-order valence-corrected chi connectivity index (χ3v) is 6.00. The van der Waals surface area contributed by atoms with Gasteiger partial charge in [0, 0.05) is 23.7 Å². The molecule has 0 aliphatic heterocycles. The molecule has 1 aromatic rings. The largest absolute Gasteiger partial charge is 0.243 e. The molecule has 0 aromatic heterocycles. The first-order valence-electron chi connectivity index (χ1n) is 8.59. The molecule has 0 unspecified atom stereocenters. The lowest BCUT2D eigenvalue weighted by Crippen LogP contribution is -2.32. The van der Waals surface area contributed by atoms with Gasteiger partial charge in [-0.3, -0.25) is 0 Å². The Hall–Kier alpha value is -2.34. The van der Waals surface area contributed by atoms with Crippen LogP contribution in [0.2, 0.25) is 0 Å². The molecule has 0 heterocycles. The van der Waals surface area contributed by atoms with Crippen molar-refractivity contribution in [1.82, 2.24) is 4.31 Å². The molecule has 2 rings (SSSR count). The van der Waals surface area contributed by atoms with Crippen LogP contribution in [0.1, 0.15) is 31.2 Å². The van der Waals surface area contributed by atoms with Crippen molar-refractivity contribution >= 4 is 10.0 Å². The van der Waals surface area contributed by atoms with Gasteiger partial charge in [0.25, 0.3) is 0 Å². The highest BCUT2D eigenvalue weighted by Gasteiger charge is 2.23. The molecule has 0 amide bonds. The lowest BCUT2D eigenvalue weighted by molar-refractivity contribution is 0.465. The molecule has 0 saturated heterocycles. The summed E-state index contributed by atoms with van der Waals surface area (Å²) >= 11 is 0. The van der Waals surface area contributed by atoms with Crippen molar-refractivity contribution in [1.29, 1.82) is 0 Å². The first-order valence-corrected chi connectivity index (χ1v) is 10.0. The van der Waals surface area contributed by atoms with E-state index in [2.05, 4.69) is 22.7 Å².